The van der Waals surface area contributed by atoms with Crippen molar-refractivity contribution in [1.29, 1.82) is 0 Å². The minimum absolute atomic E-state index is 0.0984. The zero-order valence-electron chi connectivity index (χ0n) is 14.6. The number of rotatable bonds is 4. The summed E-state index contributed by atoms with van der Waals surface area (Å²) in [5.74, 6) is -0.311. The Morgan fingerprint density at radius 2 is 1.88 bits per heavy atom. The molecule has 1 aliphatic rings. The van der Waals surface area contributed by atoms with E-state index in [0.29, 0.717) is 5.57 Å². The van der Waals surface area contributed by atoms with E-state index in [-0.39, 0.29) is 17.5 Å². The molecule has 0 saturated heterocycles. The molecule has 0 radical (unpaired) electrons. The van der Waals surface area contributed by atoms with E-state index in [1.54, 1.807) is 6.92 Å². The third kappa shape index (κ3) is 3.28. The van der Waals surface area contributed by atoms with E-state index >= 15 is 0 Å². The molecule has 3 rings (SSSR count). The number of carbonyl (C=O) groups excluding carboxylic acids is 1. The van der Waals surface area contributed by atoms with Gasteiger partial charge in [0, 0.05) is 11.0 Å². The van der Waals surface area contributed by atoms with E-state index in [0.717, 1.165) is 18.4 Å². The number of carbonyl (C=O) groups is 1. The molecule has 24 heavy (non-hydrogen) atoms. The Morgan fingerprint density at radius 1 is 1.17 bits per heavy atom. The molecular formula is C22H24O2. The summed E-state index contributed by atoms with van der Waals surface area (Å²) in [5, 5.41) is 0. The first-order valence-electron chi connectivity index (χ1n) is 8.39. The van der Waals surface area contributed by atoms with Crippen LogP contribution in [0.25, 0.3) is 0 Å². The molecule has 0 amide bonds. The lowest BCUT2D eigenvalue weighted by Gasteiger charge is -2.27. The van der Waals surface area contributed by atoms with Crippen LogP contribution in [0.15, 0.2) is 60.7 Å². The summed E-state index contributed by atoms with van der Waals surface area (Å²) in [6, 6.07) is 17.0. The van der Waals surface area contributed by atoms with Crippen molar-refractivity contribution in [3.8, 4) is 0 Å². The molecule has 0 saturated carbocycles. The molecule has 0 N–H and O–H groups in total. The first-order chi connectivity index (χ1) is 11.4. The highest BCUT2D eigenvalue weighted by molar-refractivity contribution is 5.87. The minimum Gasteiger partial charge on any atom is -0.454 e. The van der Waals surface area contributed by atoms with Crippen LogP contribution in [0.5, 0.6) is 0 Å². The van der Waals surface area contributed by atoms with Crippen LogP contribution in [-0.4, -0.2) is 5.97 Å². The van der Waals surface area contributed by atoms with Gasteiger partial charge < -0.3 is 4.74 Å². The van der Waals surface area contributed by atoms with Crippen LogP contribution in [-0.2, 0) is 22.4 Å². The predicted octanol–water partition coefficient (Wildman–Crippen LogP) is 5.02. The summed E-state index contributed by atoms with van der Waals surface area (Å²) in [7, 11) is 0. The Hall–Kier alpha value is -2.35. The van der Waals surface area contributed by atoms with Gasteiger partial charge in [-0.05, 0) is 42.0 Å². The molecule has 2 heteroatoms. The summed E-state index contributed by atoms with van der Waals surface area (Å²) in [6.45, 7) is 9.70. The van der Waals surface area contributed by atoms with Gasteiger partial charge in [0.05, 0.1) is 0 Å². The highest BCUT2D eigenvalue weighted by Gasteiger charge is 2.41. The van der Waals surface area contributed by atoms with Gasteiger partial charge >= 0.3 is 5.97 Å². The first kappa shape index (κ1) is 16.5. The quantitative estimate of drug-likeness (QED) is 0.584. The van der Waals surface area contributed by atoms with Gasteiger partial charge in [0.1, 0.15) is 6.10 Å². The second-order valence-electron chi connectivity index (χ2n) is 7.43. The van der Waals surface area contributed by atoms with Crippen molar-refractivity contribution in [2.75, 3.05) is 0 Å². The van der Waals surface area contributed by atoms with E-state index in [9.17, 15) is 4.79 Å². The van der Waals surface area contributed by atoms with Crippen molar-refractivity contribution in [3.63, 3.8) is 0 Å². The van der Waals surface area contributed by atoms with E-state index in [1.165, 1.54) is 16.7 Å². The Kier molecular flexibility index (Phi) is 4.31. The number of hydrogen-bond acceptors (Lipinski definition) is 2. The van der Waals surface area contributed by atoms with Crippen molar-refractivity contribution in [3.05, 3.63) is 82.9 Å². The monoisotopic (exact) mass is 320 g/mol. The summed E-state index contributed by atoms with van der Waals surface area (Å²) >= 11 is 0. The van der Waals surface area contributed by atoms with Crippen LogP contribution in [0, 0.1) is 5.41 Å². The van der Waals surface area contributed by atoms with Gasteiger partial charge in [-0.1, -0.05) is 69.0 Å². The van der Waals surface area contributed by atoms with E-state index in [1.807, 2.05) is 6.07 Å². The third-order valence-corrected chi connectivity index (χ3v) is 4.67. The molecule has 0 fully saturated rings. The minimum atomic E-state index is -0.311. The van der Waals surface area contributed by atoms with Crippen molar-refractivity contribution in [2.24, 2.45) is 5.41 Å². The average molecular weight is 320 g/mol. The van der Waals surface area contributed by atoms with Crippen molar-refractivity contribution in [1.82, 2.24) is 0 Å². The predicted molar refractivity (Wildman–Crippen MR) is 96.8 cm³/mol. The number of fused-ring (bicyclic) bond motifs is 1. The average Bonchev–Trinajstić information content (AvgIpc) is 2.78. The summed E-state index contributed by atoms with van der Waals surface area (Å²) < 4.78 is 5.78. The maximum absolute atomic E-state index is 12.1. The molecule has 0 aromatic heterocycles. The molecule has 0 aliphatic heterocycles. The molecule has 1 unspecified atom stereocenters. The van der Waals surface area contributed by atoms with Crippen molar-refractivity contribution < 1.29 is 9.53 Å². The van der Waals surface area contributed by atoms with Gasteiger partial charge in [-0.15, -0.1) is 0 Å². The van der Waals surface area contributed by atoms with Gasteiger partial charge in [0.25, 0.3) is 0 Å². The highest BCUT2D eigenvalue weighted by Crippen LogP contribution is 2.48. The molecule has 2 aromatic carbocycles. The van der Waals surface area contributed by atoms with Gasteiger partial charge in [-0.3, -0.25) is 0 Å². The van der Waals surface area contributed by atoms with E-state index < -0.39 is 0 Å². The maximum atomic E-state index is 12.1. The number of benzene rings is 2. The standard InChI is InChI=1S/C22H24O2/c1-15(2)21(23)24-20-19-13-17(12-16-8-6-5-7-9-16)10-11-18(19)14-22(20,3)4/h5-11,13,20H,1,12,14H2,2-4H3. The lowest BCUT2D eigenvalue weighted by Crippen LogP contribution is -2.23. The Labute approximate surface area is 144 Å². The number of ether oxygens (including phenoxy) is 1. The van der Waals surface area contributed by atoms with Gasteiger partial charge in [-0.2, -0.15) is 0 Å². The van der Waals surface area contributed by atoms with E-state index in [4.69, 9.17) is 4.74 Å². The second kappa shape index (κ2) is 6.27. The number of hydrogen-bond donors (Lipinski definition) is 0. The molecule has 2 nitrogen and oxygen atoms in total. The van der Waals surface area contributed by atoms with Crippen molar-refractivity contribution in [2.45, 2.75) is 39.7 Å². The van der Waals surface area contributed by atoms with Gasteiger partial charge in [0.2, 0.25) is 0 Å². The zero-order chi connectivity index (χ0) is 17.3. The molecular weight excluding hydrogens is 296 g/mol. The van der Waals surface area contributed by atoms with Crippen molar-refractivity contribution >= 4 is 5.97 Å². The normalized spacial score (nSPS) is 18.0. The van der Waals surface area contributed by atoms with E-state index in [2.05, 4.69) is 62.9 Å². The molecule has 0 spiro atoms. The van der Waals surface area contributed by atoms with Gasteiger partial charge in [0.15, 0.2) is 0 Å². The maximum Gasteiger partial charge on any atom is 0.333 e. The van der Waals surface area contributed by atoms with Crippen LogP contribution in [0.3, 0.4) is 0 Å². The molecule has 1 atom stereocenters. The van der Waals surface area contributed by atoms with Crippen LogP contribution >= 0.6 is 0 Å². The van der Waals surface area contributed by atoms with Crippen LogP contribution in [0.4, 0.5) is 0 Å². The smallest absolute Gasteiger partial charge is 0.333 e. The lowest BCUT2D eigenvalue weighted by molar-refractivity contribution is -0.149. The fourth-order valence-corrected chi connectivity index (χ4v) is 3.43. The van der Waals surface area contributed by atoms with Crippen LogP contribution in [0.2, 0.25) is 0 Å². The molecule has 2 aromatic rings. The highest BCUT2D eigenvalue weighted by atomic mass is 16.5. The Bertz CT molecular complexity index is 772. The fraction of sp³-hybridized carbons (Fsp3) is 0.318. The summed E-state index contributed by atoms with van der Waals surface area (Å²) in [5.41, 5.74) is 5.29. The molecule has 124 valence electrons. The Morgan fingerprint density at radius 3 is 2.54 bits per heavy atom. The van der Waals surface area contributed by atoms with Crippen LogP contribution in [0.1, 0.15) is 49.1 Å². The fourth-order valence-electron chi connectivity index (χ4n) is 3.43. The van der Waals surface area contributed by atoms with Crippen LogP contribution < -0.4 is 0 Å². The SMILES string of the molecule is C=C(C)C(=O)OC1c2cc(Cc3ccccc3)ccc2CC1(C)C. The molecule has 0 bridgehead atoms. The molecule has 1 aliphatic carbocycles. The Balaban J connectivity index is 1.90. The summed E-state index contributed by atoms with van der Waals surface area (Å²) in [4.78, 5) is 12.1. The lowest BCUT2D eigenvalue weighted by atomic mass is 9.87. The molecule has 0 heterocycles. The first-order valence-corrected chi connectivity index (χ1v) is 8.39. The number of esters is 1. The van der Waals surface area contributed by atoms with Gasteiger partial charge in [-0.25, -0.2) is 4.79 Å². The second-order valence-corrected chi connectivity index (χ2v) is 7.43. The topological polar surface area (TPSA) is 26.3 Å². The zero-order valence-corrected chi connectivity index (χ0v) is 14.6. The third-order valence-electron chi connectivity index (χ3n) is 4.67. The summed E-state index contributed by atoms with van der Waals surface area (Å²) in [6.07, 6.45) is 1.59. The largest absolute Gasteiger partial charge is 0.454 e.